The Balaban J connectivity index is 1.83. The van der Waals surface area contributed by atoms with E-state index < -0.39 is 0 Å². The maximum absolute atomic E-state index is 12.5. The van der Waals surface area contributed by atoms with E-state index in [0.29, 0.717) is 11.6 Å². The van der Waals surface area contributed by atoms with Crippen LogP contribution in [0.2, 0.25) is 0 Å². The zero-order valence-electron chi connectivity index (χ0n) is 11.4. The van der Waals surface area contributed by atoms with Crippen LogP contribution in [0.5, 0.6) is 0 Å². The van der Waals surface area contributed by atoms with Crippen molar-refractivity contribution in [3.8, 4) is 5.69 Å². The van der Waals surface area contributed by atoms with Gasteiger partial charge >= 0.3 is 0 Å². The van der Waals surface area contributed by atoms with Crippen LogP contribution in [-0.2, 0) is 0 Å². The van der Waals surface area contributed by atoms with Crippen LogP contribution >= 0.6 is 0 Å². The number of rotatable bonds is 2. The molecular formula is C14H17N5O. The van der Waals surface area contributed by atoms with Crippen LogP contribution in [0.25, 0.3) is 5.69 Å². The van der Waals surface area contributed by atoms with Gasteiger partial charge in [0.1, 0.15) is 0 Å². The maximum atomic E-state index is 12.5. The number of nitrogens with one attached hydrogen (secondary N) is 1. The molecule has 0 radical (unpaired) electrons. The van der Waals surface area contributed by atoms with Crippen molar-refractivity contribution in [1.29, 1.82) is 0 Å². The number of hydrogen-bond donors (Lipinski definition) is 1. The van der Waals surface area contributed by atoms with Gasteiger partial charge in [0.25, 0.3) is 5.91 Å². The van der Waals surface area contributed by atoms with Crippen LogP contribution in [0.3, 0.4) is 0 Å². The highest BCUT2D eigenvalue weighted by atomic mass is 16.2. The van der Waals surface area contributed by atoms with E-state index in [2.05, 4.69) is 22.6 Å². The van der Waals surface area contributed by atoms with Crippen molar-refractivity contribution in [3.05, 3.63) is 42.2 Å². The summed E-state index contributed by atoms with van der Waals surface area (Å²) >= 11 is 0. The summed E-state index contributed by atoms with van der Waals surface area (Å²) in [5, 5.41) is 11.1. The largest absolute Gasteiger partial charge is 0.336 e. The van der Waals surface area contributed by atoms with Gasteiger partial charge in [0.05, 0.1) is 18.1 Å². The molecule has 1 saturated heterocycles. The zero-order chi connectivity index (χ0) is 13.9. The minimum absolute atomic E-state index is 0.0697. The summed E-state index contributed by atoms with van der Waals surface area (Å²) in [6, 6.07) is 7.81. The van der Waals surface area contributed by atoms with Crippen LogP contribution < -0.4 is 5.32 Å². The van der Waals surface area contributed by atoms with E-state index in [9.17, 15) is 4.79 Å². The van der Waals surface area contributed by atoms with Gasteiger partial charge in [-0.2, -0.15) is 0 Å². The van der Waals surface area contributed by atoms with Crippen molar-refractivity contribution in [2.24, 2.45) is 0 Å². The van der Waals surface area contributed by atoms with Crippen molar-refractivity contribution in [2.45, 2.75) is 13.0 Å². The fourth-order valence-corrected chi connectivity index (χ4v) is 2.43. The molecule has 1 N–H and O–H groups in total. The smallest absolute Gasteiger partial charge is 0.254 e. The molecule has 1 amide bonds. The van der Waals surface area contributed by atoms with E-state index in [-0.39, 0.29) is 5.91 Å². The third-order valence-corrected chi connectivity index (χ3v) is 3.44. The molecular weight excluding hydrogens is 254 g/mol. The number of nitrogens with zero attached hydrogens (tertiary/aromatic N) is 4. The lowest BCUT2D eigenvalue weighted by Crippen LogP contribution is -2.51. The summed E-state index contributed by atoms with van der Waals surface area (Å²) in [5.74, 6) is 0.0697. The van der Waals surface area contributed by atoms with Gasteiger partial charge in [-0.1, -0.05) is 11.3 Å². The Hall–Kier alpha value is -2.21. The van der Waals surface area contributed by atoms with Crippen LogP contribution in [0.4, 0.5) is 0 Å². The Labute approximate surface area is 117 Å². The fourth-order valence-electron chi connectivity index (χ4n) is 2.43. The molecule has 20 heavy (non-hydrogen) atoms. The van der Waals surface area contributed by atoms with E-state index >= 15 is 0 Å². The predicted molar refractivity (Wildman–Crippen MR) is 74.7 cm³/mol. The molecule has 104 valence electrons. The summed E-state index contributed by atoms with van der Waals surface area (Å²) in [7, 11) is 0. The first-order valence-corrected chi connectivity index (χ1v) is 6.73. The quantitative estimate of drug-likeness (QED) is 0.873. The van der Waals surface area contributed by atoms with Gasteiger partial charge in [0.2, 0.25) is 0 Å². The zero-order valence-corrected chi connectivity index (χ0v) is 11.4. The lowest BCUT2D eigenvalue weighted by atomic mass is 10.1. The SMILES string of the molecule is C[C@H]1CN(C(=O)c2cccc(-n3ccnn3)c2)CCN1. The Morgan fingerprint density at radius 2 is 2.35 bits per heavy atom. The number of carbonyl (C=O) groups is 1. The van der Waals surface area contributed by atoms with Crippen molar-refractivity contribution in [1.82, 2.24) is 25.2 Å². The molecule has 3 rings (SSSR count). The van der Waals surface area contributed by atoms with Gasteiger partial charge in [-0.15, -0.1) is 5.10 Å². The Morgan fingerprint density at radius 3 is 3.10 bits per heavy atom. The highest BCUT2D eigenvalue weighted by Crippen LogP contribution is 2.12. The van der Waals surface area contributed by atoms with Gasteiger partial charge in [0, 0.05) is 31.2 Å². The molecule has 6 heteroatoms. The van der Waals surface area contributed by atoms with Crippen LogP contribution in [0.15, 0.2) is 36.7 Å². The number of benzene rings is 1. The van der Waals surface area contributed by atoms with Crippen LogP contribution in [-0.4, -0.2) is 51.5 Å². The summed E-state index contributed by atoms with van der Waals surface area (Å²) < 4.78 is 1.65. The van der Waals surface area contributed by atoms with Crippen molar-refractivity contribution in [2.75, 3.05) is 19.6 Å². The van der Waals surface area contributed by atoms with Gasteiger partial charge in [-0.3, -0.25) is 4.79 Å². The number of carbonyl (C=O) groups excluding carboxylic acids is 1. The Morgan fingerprint density at radius 1 is 1.45 bits per heavy atom. The lowest BCUT2D eigenvalue weighted by molar-refractivity contribution is 0.0709. The van der Waals surface area contributed by atoms with Gasteiger partial charge in [-0.05, 0) is 25.1 Å². The molecule has 6 nitrogen and oxygen atoms in total. The minimum Gasteiger partial charge on any atom is -0.336 e. The fraction of sp³-hybridized carbons (Fsp3) is 0.357. The molecule has 0 bridgehead atoms. The van der Waals surface area contributed by atoms with E-state index in [1.807, 2.05) is 29.2 Å². The molecule has 2 heterocycles. The molecule has 1 aromatic heterocycles. The average Bonchev–Trinajstić information content (AvgIpc) is 3.01. The summed E-state index contributed by atoms with van der Waals surface area (Å²) in [6.45, 7) is 4.42. The minimum atomic E-state index is 0.0697. The molecule has 1 atom stereocenters. The summed E-state index contributed by atoms with van der Waals surface area (Å²) in [6.07, 6.45) is 3.38. The van der Waals surface area contributed by atoms with Crippen molar-refractivity contribution < 1.29 is 4.79 Å². The molecule has 0 saturated carbocycles. The van der Waals surface area contributed by atoms with Gasteiger partial charge < -0.3 is 10.2 Å². The lowest BCUT2D eigenvalue weighted by Gasteiger charge is -2.32. The molecule has 1 fully saturated rings. The third-order valence-electron chi connectivity index (χ3n) is 3.44. The highest BCUT2D eigenvalue weighted by molar-refractivity contribution is 5.94. The molecule has 1 aromatic carbocycles. The number of amides is 1. The normalized spacial score (nSPS) is 19.1. The van der Waals surface area contributed by atoms with E-state index in [1.165, 1.54) is 0 Å². The second kappa shape index (κ2) is 5.42. The molecule has 1 aliphatic rings. The number of aromatic nitrogens is 3. The Bertz CT molecular complexity index is 595. The van der Waals surface area contributed by atoms with Gasteiger partial charge in [-0.25, -0.2) is 4.68 Å². The van der Waals surface area contributed by atoms with Crippen LogP contribution in [0.1, 0.15) is 17.3 Å². The first-order valence-electron chi connectivity index (χ1n) is 6.73. The standard InChI is InChI=1S/C14H17N5O/c1-11-10-18(7-5-15-11)14(20)12-3-2-4-13(9-12)19-8-6-16-17-19/h2-4,6,8-9,11,15H,5,7,10H2,1H3/t11-/m0/s1. The molecule has 0 unspecified atom stereocenters. The summed E-state index contributed by atoms with van der Waals surface area (Å²) in [4.78, 5) is 14.4. The molecule has 2 aromatic rings. The second-order valence-corrected chi connectivity index (χ2v) is 5.00. The molecule has 1 aliphatic heterocycles. The monoisotopic (exact) mass is 271 g/mol. The number of hydrogen-bond acceptors (Lipinski definition) is 4. The van der Waals surface area contributed by atoms with E-state index in [4.69, 9.17) is 0 Å². The van der Waals surface area contributed by atoms with E-state index in [0.717, 1.165) is 25.3 Å². The van der Waals surface area contributed by atoms with Gasteiger partial charge in [0.15, 0.2) is 0 Å². The Kier molecular flexibility index (Phi) is 3.47. The summed E-state index contributed by atoms with van der Waals surface area (Å²) in [5.41, 5.74) is 1.53. The second-order valence-electron chi connectivity index (χ2n) is 5.00. The topological polar surface area (TPSA) is 63.1 Å². The van der Waals surface area contributed by atoms with E-state index in [1.54, 1.807) is 17.1 Å². The third kappa shape index (κ3) is 2.55. The maximum Gasteiger partial charge on any atom is 0.254 e. The predicted octanol–water partition coefficient (Wildman–Crippen LogP) is 0.701. The molecule has 0 aliphatic carbocycles. The first kappa shape index (κ1) is 12.8. The first-order chi connectivity index (χ1) is 9.74. The average molecular weight is 271 g/mol. The highest BCUT2D eigenvalue weighted by Gasteiger charge is 2.21. The van der Waals surface area contributed by atoms with Crippen molar-refractivity contribution >= 4 is 5.91 Å². The van der Waals surface area contributed by atoms with Crippen molar-refractivity contribution in [3.63, 3.8) is 0 Å². The number of piperazine rings is 1. The van der Waals surface area contributed by atoms with Crippen LogP contribution in [0, 0.1) is 0 Å². The molecule has 0 spiro atoms.